The minimum Gasteiger partial charge on any atom is -0.491 e. The fraction of sp³-hybridized carbons (Fsp3) is 0.333. The van der Waals surface area contributed by atoms with Crippen LogP contribution in [0.15, 0.2) is 48.5 Å². The molecule has 2 aliphatic heterocycles. The largest absolute Gasteiger partial charge is 0.491 e. The normalized spacial score (nSPS) is 21.3. The molecule has 0 saturated carbocycles. The number of nitrogens with one attached hydrogen (secondary N) is 2. The van der Waals surface area contributed by atoms with Crippen molar-refractivity contribution in [2.24, 2.45) is 0 Å². The summed E-state index contributed by atoms with van der Waals surface area (Å²) in [4.78, 5) is 24.7. The first kappa shape index (κ1) is 17.5. The van der Waals surface area contributed by atoms with Gasteiger partial charge in [0.15, 0.2) is 0 Å². The van der Waals surface area contributed by atoms with Gasteiger partial charge in [-0.15, -0.1) is 0 Å². The van der Waals surface area contributed by atoms with E-state index in [9.17, 15) is 9.59 Å². The first-order valence-corrected chi connectivity index (χ1v) is 9.23. The molecule has 140 valence electrons. The van der Waals surface area contributed by atoms with E-state index in [0.717, 1.165) is 25.0 Å². The van der Waals surface area contributed by atoms with Gasteiger partial charge in [-0.2, -0.15) is 0 Å². The Bertz CT molecular complexity index is 846. The second kappa shape index (κ2) is 7.80. The predicted octanol–water partition coefficient (Wildman–Crippen LogP) is 3.31. The van der Waals surface area contributed by atoms with Gasteiger partial charge in [0.2, 0.25) is 11.8 Å². The monoisotopic (exact) mass is 366 g/mol. The summed E-state index contributed by atoms with van der Waals surface area (Å²) in [5, 5.41) is 5.72. The molecule has 1 fully saturated rings. The summed E-state index contributed by atoms with van der Waals surface area (Å²) in [6.45, 7) is 1.30. The number of para-hydroxylation sites is 1. The van der Waals surface area contributed by atoms with Crippen LogP contribution in [-0.4, -0.2) is 31.1 Å². The molecule has 6 nitrogen and oxygen atoms in total. The van der Waals surface area contributed by atoms with Gasteiger partial charge in [0.25, 0.3) is 0 Å². The summed E-state index contributed by atoms with van der Waals surface area (Å²) in [5.74, 6) is -0.174. The van der Waals surface area contributed by atoms with Crippen LogP contribution in [-0.2, 0) is 14.3 Å². The molecule has 6 heteroatoms. The molecule has 2 aromatic rings. The van der Waals surface area contributed by atoms with Crippen LogP contribution in [0.5, 0.6) is 5.75 Å². The van der Waals surface area contributed by atoms with E-state index < -0.39 is 5.92 Å². The Morgan fingerprint density at radius 3 is 2.96 bits per heavy atom. The number of carbonyl (C=O) groups is 2. The van der Waals surface area contributed by atoms with Gasteiger partial charge < -0.3 is 20.1 Å². The lowest BCUT2D eigenvalue weighted by Crippen LogP contribution is -2.30. The third kappa shape index (κ3) is 4.11. The maximum Gasteiger partial charge on any atom is 0.232 e. The highest BCUT2D eigenvalue weighted by molar-refractivity contribution is 6.05. The average Bonchev–Trinajstić information content (AvgIpc) is 3.19. The number of carbonyl (C=O) groups excluding carboxylic acids is 2. The lowest BCUT2D eigenvalue weighted by atomic mass is 9.90. The van der Waals surface area contributed by atoms with Crippen LogP contribution in [0.25, 0.3) is 0 Å². The molecule has 0 bridgehead atoms. The molecule has 2 N–H and O–H groups in total. The number of anilines is 2. The molecule has 0 unspecified atom stereocenters. The smallest absolute Gasteiger partial charge is 0.232 e. The van der Waals surface area contributed by atoms with Gasteiger partial charge in [-0.1, -0.05) is 24.3 Å². The minimum atomic E-state index is -0.508. The molecule has 1 saturated heterocycles. The van der Waals surface area contributed by atoms with Crippen LogP contribution in [0.1, 0.15) is 30.7 Å². The number of ether oxygens (including phenoxy) is 2. The first-order chi connectivity index (χ1) is 13.2. The maximum atomic E-state index is 12.8. The van der Waals surface area contributed by atoms with Crippen molar-refractivity contribution in [1.29, 1.82) is 0 Å². The molecular weight excluding hydrogens is 344 g/mol. The van der Waals surface area contributed by atoms with Gasteiger partial charge in [0.05, 0.1) is 12.0 Å². The zero-order valence-corrected chi connectivity index (χ0v) is 14.9. The van der Waals surface area contributed by atoms with Crippen molar-refractivity contribution in [2.45, 2.75) is 31.3 Å². The van der Waals surface area contributed by atoms with Gasteiger partial charge in [0, 0.05) is 30.5 Å². The first-order valence-electron chi connectivity index (χ1n) is 9.23. The van der Waals surface area contributed by atoms with Gasteiger partial charge in [-0.25, -0.2) is 0 Å². The minimum absolute atomic E-state index is 0.137. The third-order valence-electron chi connectivity index (χ3n) is 4.88. The van der Waals surface area contributed by atoms with E-state index in [-0.39, 0.29) is 24.3 Å². The molecule has 4 rings (SSSR count). The van der Waals surface area contributed by atoms with Crippen LogP contribution in [0, 0.1) is 0 Å². The van der Waals surface area contributed by atoms with Gasteiger partial charge >= 0.3 is 0 Å². The molecule has 2 atom stereocenters. The van der Waals surface area contributed by atoms with Crippen LogP contribution in [0.3, 0.4) is 0 Å². The lowest BCUT2D eigenvalue weighted by molar-refractivity contribution is -0.123. The molecule has 2 heterocycles. The zero-order valence-electron chi connectivity index (χ0n) is 14.9. The average molecular weight is 366 g/mol. The summed E-state index contributed by atoms with van der Waals surface area (Å²) < 4.78 is 11.4. The van der Waals surface area contributed by atoms with E-state index in [1.54, 1.807) is 6.07 Å². The highest BCUT2D eigenvalue weighted by atomic mass is 16.5. The van der Waals surface area contributed by atoms with E-state index in [2.05, 4.69) is 10.6 Å². The second-order valence-electron chi connectivity index (χ2n) is 6.86. The van der Waals surface area contributed by atoms with Crippen molar-refractivity contribution in [1.82, 2.24) is 0 Å². The van der Waals surface area contributed by atoms with Gasteiger partial charge in [-0.05, 0) is 36.6 Å². The Kier molecular flexibility index (Phi) is 5.07. The number of benzene rings is 2. The van der Waals surface area contributed by atoms with Crippen LogP contribution >= 0.6 is 0 Å². The predicted molar refractivity (Wildman–Crippen MR) is 102 cm³/mol. The standard InChI is InChI=1S/C21H22N2O4/c24-20-12-18(17-8-1-2-9-19(17)23-20)21(25)22-14-5-3-6-15(11-14)27-13-16-7-4-10-26-16/h1-3,5-6,8-9,11,16,18H,4,7,10,12-13H2,(H,22,25)(H,23,24)/t16-,18-/m0/s1. The van der Waals surface area contributed by atoms with Crippen molar-refractivity contribution in [2.75, 3.05) is 23.8 Å². The topological polar surface area (TPSA) is 76.7 Å². The Morgan fingerprint density at radius 1 is 1.22 bits per heavy atom. The van der Waals surface area contributed by atoms with Crippen molar-refractivity contribution >= 4 is 23.2 Å². The highest BCUT2D eigenvalue weighted by Gasteiger charge is 2.30. The van der Waals surface area contributed by atoms with E-state index in [4.69, 9.17) is 9.47 Å². The molecule has 0 aromatic heterocycles. The number of fused-ring (bicyclic) bond motifs is 1. The number of hydrogen-bond donors (Lipinski definition) is 2. The SMILES string of the molecule is O=C1C[C@H](C(=O)Nc2cccc(OC[C@@H]3CCCO3)c2)c2ccccc2N1. The molecule has 2 amide bonds. The van der Waals surface area contributed by atoms with E-state index in [0.29, 0.717) is 23.7 Å². The van der Waals surface area contributed by atoms with Crippen molar-refractivity contribution in [3.8, 4) is 5.75 Å². The maximum absolute atomic E-state index is 12.8. The van der Waals surface area contributed by atoms with E-state index in [1.165, 1.54) is 0 Å². The van der Waals surface area contributed by atoms with Crippen molar-refractivity contribution in [3.05, 3.63) is 54.1 Å². The number of rotatable bonds is 5. The Morgan fingerprint density at radius 2 is 2.11 bits per heavy atom. The van der Waals surface area contributed by atoms with Crippen molar-refractivity contribution < 1.29 is 19.1 Å². The Labute approximate surface area is 157 Å². The van der Waals surface area contributed by atoms with E-state index in [1.807, 2.05) is 42.5 Å². The van der Waals surface area contributed by atoms with Crippen molar-refractivity contribution in [3.63, 3.8) is 0 Å². The molecule has 2 aliphatic rings. The summed E-state index contributed by atoms with van der Waals surface area (Å²) in [6.07, 6.45) is 2.36. The summed E-state index contributed by atoms with van der Waals surface area (Å²) in [7, 11) is 0. The molecule has 0 radical (unpaired) electrons. The fourth-order valence-corrected chi connectivity index (χ4v) is 3.50. The Hall–Kier alpha value is -2.86. The quantitative estimate of drug-likeness (QED) is 0.851. The van der Waals surface area contributed by atoms with E-state index >= 15 is 0 Å². The van der Waals surface area contributed by atoms with Gasteiger partial charge in [-0.3, -0.25) is 9.59 Å². The molecule has 27 heavy (non-hydrogen) atoms. The number of amides is 2. The summed E-state index contributed by atoms with van der Waals surface area (Å²) >= 11 is 0. The van der Waals surface area contributed by atoms with Gasteiger partial charge in [0.1, 0.15) is 12.4 Å². The molecule has 2 aromatic carbocycles. The van der Waals surface area contributed by atoms with Crippen LogP contribution < -0.4 is 15.4 Å². The van der Waals surface area contributed by atoms with Crippen LogP contribution in [0.4, 0.5) is 11.4 Å². The fourth-order valence-electron chi connectivity index (χ4n) is 3.50. The lowest BCUT2D eigenvalue weighted by Gasteiger charge is -2.24. The second-order valence-corrected chi connectivity index (χ2v) is 6.86. The number of hydrogen-bond acceptors (Lipinski definition) is 4. The Balaban J connectivity index is 1.43. The molecular formula is C21H22N2O4. The highest BCUT2D eigenvalue weighted by Crippen LogP contribution is 2.33. The van der Waals surface area contributed by atoms with Crippen LogP contribution in [0.2, 0.25) is 0 Å². The summed E-state index contributed by atoms with van der Waals surface area (Å²) in [6, 6.07) is 14.7. The molecule has 0 spiro atoms. The molecule has 0 aliphatic carbocycles. The zero-order chi connectivity index (χ0) is 18.6. The third-order valence-corrected chi connectivity index (χ3v) is 4.88. The summed E-state index contributed by atoms with van der Waals surface area (Å²) in [5.41, 5.74) is 2.18.